The third-order valence-corrected chi connectivity index (χ3v) is 5.59. The molecule has 0 atom stereocenters. The summed E-state index contributed by atoms with van der Waals surface area (Å²) in [5.74, 6) is 0. The lowest BCUT2D eigenvalue weighted by molar-refractivity contribution is 0.842. The zero-order valence-corrected chi connectivity index (χ0v) is 13.7. The van der Waals surface area contributed by atoms with E-state index >= 15 is 0 Å². The fourth-order valence-electron chi connectivity index (χ4n) is 4.29. The van der Waals surface area contributed by atoms with Crippen molar-refractivity contribution in [2.24, 2.45) is 0 Å². The van der Waals surface area contributed by atoms with Gasteiger partial charge in [0.1, 0.15) is 0 Å². The van der Waals surface area contributed by atoms with Crippen LogP contribution in [0.3, 0.4) is 0 Å². The van der Waals surface area contributed by atoms with Crippen LogP contribution in [0, 0.1) is 13.8 Å². The first-order chi connectivity index (χ1) is 11.2. The van der Waals surface area contributed by atoms with E-state index in [4.69, 9.17) is 0 Å². The summed E-state index contributed by atoms with van der Waals surface area (Å²) in [6, 6.07) is 18.6. The normalized spacial score (nSPS) is 14.0. The maximum Gasteiger partial charge on any atom is -0.00132 e. The van der Waals surface area contributed by atoms with Crippen LogP contribution >= 0.6 is 0 Å². The van der Waals surface area contributed by atoms with Crippen molar-refractivity contribution in [3.8, 4) is 22.3 Å². The van der Waals surface area contributed by atoms with Crippen molar-refractivity contribution in [2.75, 3.05) is 0 Å². The Morgan fingerprint density at radius 2 is 1.52 bits per heavy atom. The molecule has 0 aliphatic heterocycles. The molecule has 5 rings (SSSR count). The van der Waals surface area contributed by atoms with Gasteiger partial charge in [-0.1, -0.05) is 48.0 Å². The summed E-state index contributed by atoms with van der Waals surface area (Å²) >= 11 is 0. The molecule has 0 N–H and O–H groups in total. The molecular weight excluding hydrogens is 276 g/mol. The minimum Gasteiger partial charge on any atom is -0.0614 e. The summed E-state index contributed by atoms with van der Waals surface area (Å²) in [6.45, 7) is 4.45. The molecule has 23 heavy (non-hydrogen) atoms. The molecule has 0 aromatic heterocycles. The van der Waals surface area contributed by atoms with Gasteiger partial charge >= 0.3 is 0 Å². The summed E-state index contributed by atoms with van der Waals surface area (Å²) in [6.07, 6.45) is 3.56. The smallest absolute Gasteiger partial charge is 0.00132 e. The highest BCUT2D eigenvalue weighted by Gasteiger charge is 2.23. The van der Waals surface area contributed by atoms with Crippen LogP contribution < -0.4 is 0 Å². The highest BCUT2D eigenvalue weighted by Crippen LogP contribution is 2.42. The predicted octanol–water partition coefficient (Wildman–Crippen LogP) is 5.64. The van der Waals surface area contributed by atoms with Gasteiger partial charge in [0.2, 0.25) is 0 Å². The second-order valence-electron chi connectivity index (χ2n) is 7.10. The standard InChI is InChI=1S/C23H20/c1-14-6-8-20-17(10-14)12-18-11-15(2)22(13-23(18)20)21-5-3-4-16-7-9-19(16)21/h3-6,8,10-11,13H,7,9,12H2,1-2H3. The minimum absolute atomic E-state index is 1.08. The van der Waals surface area contributed by atoms with Gasteiger partial charge < -0.3 is 0 Å². The van der Waals surface area contributed by atoms with Gasteiger partial charge in [-0.3, -0.25) is 0 Å². The molecule has 3 aromatic rings. The quantitative estimate of drug-likeness (QED) is 0.426. The maximum atomic E-state index is 2.44. The van der Waals surface area contributed by atoms with Gasteiger partial charge in [0.05, 0.1) is 0 Å². The summed E-state index contributed by atoms with van der Waals surface area (Å²) in [4.78, 5) is 0. The Kier molecular flexibility index (Phi) is 2.61. The molecule has 0 unspecified atom stereocenters. The van der Waals surface area contributed by atoms with E-state index in [-0.39, 0.29) is 0 Å². The van der Waals surface area contributed by atoms with Crippen molar-refractivity contribution < 1.29 is 0 Å². The number of hydrogen-bond donors (Lipinski definition) is 0. The lowest BCUT2D eigenvalue weighted by Gasteiger charge is -2.23. The number of benzene rings is 3. The van der Waals surface area contributed by atoms with Crippen LogP contribution in [0.1, 0.15) is 33.4 Å². The zero-order chi connectivity index (χ0) is 15.6. The van der Waals surface area contributed by atoms with Gasteiger partial charge in [-0.05, 0) is 89.2 Å². The first-order valence-electron chi connectivity index (χ1n) is 8.55. The number of hydrogen-bond acceptors (Lipinski definition) is 0. The zero-order valence-electron chi connectivity index (χ0n) is 13.7. The Morgan fingerprint density at radius 1 is 0.652 bits per heavy atom. The summed E-state index contributed by atoms with van der Waals surface area (Å²) in [5, 5.41) is 0. The first-order valence-corrected chi connectivity index (χ1v) is 8.55. The van der Waals surface area contributed by atoms with Crippen molar-refractivity contribution >= 4 is 0 Å². The molecule has 2 aliphatic carbocycles. The Morgan fingerprint density at radius 3 is 2.35 bits per heavy atom. The van der Waals surface area contributed by atoms with Crippen molar-refractivity contribution in [3.63, 3.8) is 0 Å². The molecule has 0 heteroatoms. The lowest BCUT2D eigenvalue weighted by atomic mass is 9.81. The van der Waals surface area contributed by atoms with Crippen LogP contribution in [0.2, 0.25) is 0 Å². The molecule has 0 saturated carbocycles. The second-order valence-corrected chi connectivity index (χ2v) is 7.10. The molecule has 0 bridgehead atoms. The fraction of sp³-hybridized carbons (Fsp3) is 0.217. The third-order valence-electron chi connectivity index (χ3n) is 5.59. The Labute approximate surface area is 137 Å². The topological polar surface area (TPSA) is 0 Å². The molecule has 0 radical (unpaired) electrons. The fourth-order valence-corrected chi connectivity index (χ4v) is 4.29. The number of fused-ring (bicyclic) bond motifs is 4. The van der Waals surface area contributed by atoms with E-state index in [0.29, 0.717) is 0 Å². The van der Waals surface area contributed by atoms with Gasteiger partial charge in [-0.25, -0.2) is 0 Å². The lowest BCUT2D eigenvalue weighted by Crippen LogP contribution is -2.10. The van der Waals surface area contributed by atoms with Crippen LogP contribution in [0.15, 0.2) is 48.5 Å². The van der Waals surface area contributed by atoms with Gasteiger partial charge in [0.15, 0.2) is 0 Å². The summed E-state index contributed by atoms with van der Waals surface area (Å²) in [5.41, 5.74) is 14.6. The highest BCUT2D eigenvalue weighted by molar-refractivity contribution is 5.84. The largest absolute Gasteiger partial charge is 0.0614 e. The molecule has 0 nitrogen and oxygen atoms in total. The minimum atomic E-state index is 1.08. The van der Waals surface area contributed by atoms with E-state index in [2.05, 4.69) is 62.4 Å². The Hall–Kier alpha value is -2.34. The molecule has 0 fully saturated rings. The molecule has 0 amide bonds. The van der Waals surface area contributed by atoms with E-state index in [1.807, 2.05) is 0 Å². The highest BCUT2D eigenvalue weighted by atomic mass is 14.3. The number of aryl methyl sites for hydroxylation is 3. The van der Waals surface area contributed by atoms with Gasteiger partial charge in [-0.2, -0.15) is 0 Å². The predicted molar refractivity (Wildman–Crippen MR) is 97.0 cm³/mol. The average molecular weight is 296 g/mol. The van der Waals surface area contributed by atoms with E-state index in [9.17, 15) is 0 Å². The van der Waals surface area contributed by atoms with Crippen molar-refractivity contribution in [1.82, 2.24) is 0 Å². The van der Waals surface area contributed by atoms with E-state index < -0.39 is 0 Å². The van der Waals surface area contributed by atoms with Crippen LogP contribution in [-0.4, -0.2) is 0 Å². The Balaban J connectivity index is 1.73. The SMILES string of the molecule is Cc1ccc2c(c1)Cc1cc(C)c(-c3cccc4c3CC4)cc1-2. The first kappa shape index (κ1) is 13.1. The van der Waals surface area contributed by atoms with Crippen LogP contribution in [0.25, 0.3) is 22.3 Å². The van der Waals surface area contributed by atoms with E-state index in [1.165, 1.54) is 57.3 Å². The molecule has 0 spiro atoms. The average Bonchev–Trinajstić information content (AvgIpc) is 2.83. The molecular formula is C23H20. The molecule has 0 heterocycles. The van der Waals surface area contributed by atoms with Gasteiger partial charge in [0.25, 0.3) is 0 Å². The molecule has 2 aliphatic rings. The van der Waals surface area contributed by atoms with Crippen LogP contribution in [0.4, 0.5) is 0 Å². The molecule has 112 valence electrons. The van der Waals surface area contributed by atoms with E-state index in [0.717, 1.165) is 6.42 Å². The summed E-state index contributed by atoms with van der Waals surface area (Å²) in [7, 11) is 0. The maximum absolute atomic E-state index is 2.44. The Bertz CT molecular complexity index is 960. The third kappa shape index (κ3) is 1.84. The molecule has 0 saturated heterocycles. The van der Waals surface area contributed by atoms with E-state index in [1.54, 1.807) is 11.1 Å². The van der Waals surface area contributed by atoms with Crippen LogP contribution in [-0.2, 0) is 19.3 Å². The number of rotatable bonds is 1. The van der Waals surface area contributed by atoms with Crippen LogP contribution in [0.5, 0.6) is 0 Å². The monoisotopic (exact) mass is 296 g/mol. The molecule has 3 aromatic carbocycles. The van der Waals surface area contributed by atoms with Crippen molar-refractivity contribution in [1.29, 1.82) is 0 Å². The van der Waals surface area contributed by atoms with Gasteiger partial charge in [0, 0.05) is 0 Å². The summed E-state index contributed by atoms with van der Waals surface area (Å²) < 4.78 is 0. The van der Waals surface area contributed by atoms with Gasteiger partial charge in [-0.15, -0.1) is 0 Å². The second kappa shape index (κ2) is 4.58. The van der Waals surface area contributed by atoms with Crippen molar-refractivity contribution in [3.05, 3.63) is 81.9 Å². The van der Waals surface area contributed by atoms with Crippen molar-refractivity contribution in [2.45, 2.75) is 33.1 Å².